The molecule has 4 aromatic heterocycles. The molecule has 0 aliphatic heterocycles. The topological polar surface area (TPSA) is 113 Å². The molecule has 0 radical (unpaired) electrons. The highest BCUT2D eigenvalue weighted by atomic mass is 16.5. The van der Waals surface area contributed by atoms with E-state index in [-0.39, 0.29) is 13.2 Å². The number of ether oxygens (including phenoxy) is 2. The lowest BCUT2D eigenvalue weighted by Crippen LogP contribution is -2.07. The minimum absolute atomic E-state index is 0.123. The van der Waals surface area contributed by atoms with Gasteiger partial charge in [0.25, 0.3) is 0 Å². The van der Waals surface area contributed by atoms with Crippen molar-refractivity contribution in [1.29, 1.82) is 0 Å². The summed E-state index contributed by atoms with van der Waals surface area (Å²) in [5, 5.41) is 15.4. The fourth-order valence-electron chi connectivity index (χ4n) is 3.09. The Hall–Kier alpha value is -4.60. The second-order valence-electron chi connectivity index (χ2n) is 7.00. The molecule has 5 rings (SSSR count). The van der Waals surface area contributed by atoms with Crippen LogP contribution in [0.15, 0.2) is 73.6 Å². The summed E-state index contributed by atoms with van der Waals surface area (Å²) in [5.41, 5.74) is 3.75. The predicted octanol–water partition coefficient (Wildman–Crippen LogP) is 2.49. The normalized spacial score (nSPS) is 11.0. The molecule has 0 spiro atoms. The van der Waals surface area contributed by atoms with Crippen molar-refractivity contribution in [2.24, 2.45) is 0 Å². The molecule has 4 heterocycles. The third kappa shape index (κ3) is 4.01. The molecule has 1 aromatic carbocycles. The maximum absolute atomic E-state index is 12.3. The second-order valence-corrected chi connectivity index (χ2v) is 7.00. The Labute approximate surface area is 181 Å². The third-order valence-corrected chi connectivity index (χ3v) is 4.82. The van der Waals surface area contributed by atoms with Crippen LogP contribution in [0.4, 0.5) is 0 Å². The number of carbonyl (C=O) groups excluding carboxylic acids is 2. The van der Waals surface area contributed by atoms with Gasteiger partial charge in [-0.1, -0.05) is 24.3 Å². The number of hydrogen-bond donors (Lipinski definition) is 0. The lowest BCUT2D eigenvalue weighted by atomic mass is 10.1. The molecule has 0 saturated heterocycles. The van der Waals surface area contributed by atoms with E-state index in [0.717, 1.165) is 11.1 Å². The van der Waals surface area contributed by atoms with E-state index in [1.165, 1.54) is 12.7 Å². The SMILES string of the molecule is O=C(OCc1ccc(COC(=O)c2ccc3nncn3c2)cc1)c1ccc2nncn2c1. The number of fused-ring (bicyclic) bond motifs is 2. The summed E-state index contributed by atoms with van der Waals surface area (Å²) >= 11 is 0. The van der Waals surface area contributed by atoms with Gasteiger partial charge in [-0.15, -0.1) is 20.4 Å². The maximum Gasteiger partial charge on any atom is 0.339 e. The quantitative estimate of drug-likeness (QED) is 0.379. The molecule has 0 unspecified atom stereocenters. The molecule has 0 aliphatic carbocycles. The van der Waals surface area contributed by atoms with Crippen molar-refractivity contribution in [2.45, 2.75) is 13.2 Å². The highest BCUT2D eigenvalue weighted by Gasteiger charge is 2.11. The largest absolute Gasteiger partial charge is 0.457 e. The zero-order valence-electron chi connectivity index (χ0n) is 16.7. The molecule has 5 aromatic rings. The van der Waals surface area contributed by atoms with Gasteiger partial charge in [0.05, 0.1) is 11.1 Å². The van der Waals surface area contributed by atoms with E-state index in [1.54, 1.807) is 45.5 Å². The van der Waals surface area contributed by atoms with Crippen molar-refractivity contribution < 1.29 is 19.1 Å². The molecule has 10 heteroatoms. The van der Waals surface area contributed by atoms with Gasteiger partial charge < -0.3 is 9.47 Å². The van der Waals surface area contributed by atoms with Crippen molar-refractivity contribution in [1.82, 2.24) is 29.2 Å². The van der Waals surface area contributed by atoms with Crippen LogP contribution in [0, 0.1) is 0 Å². The molecular formula is C22H16N6O4. The van der Waals surface area contributed by atoms with E-state index in [0.29, 0.717) is 22.4 Å². The van der Waals surface area contributed by atoms with E-state index >= 15 is 0 Å². The first-order valence-electron chi connectivity index (χ1n) is 9.66. The van der Waals surface area contributed by atoms with Crippen LogP contribution in [0.25, 0.3) is 11.3 Å². The summed E-state index contributed by atoms with van der Waals surface area (Å²) < 4.78 is 14.0. The first-order chi connectivity index (χ1) is 15.7. The van der Waals surface area contributed by atoms with Gasteiger partial charge in [0, 0.05) is 12.4 Å². The number of carbonyl (C=O) groups is 2. The van der Waals surface area contributed by atoms with Crippen LogP contribution in [-0.4, -0.2) is 41.1 Å². The van der Waals surface area contributed by atoms with Gasteiger partial charge >= 0.3 is 11.9 Å². The van der Waals surface area contributed by atoms with Crippen LogP contribution in [0.2, 0.25) is 0 Å². The minimum atomic E-state index is -0.441. The van der Waals surface area contributed by atoms with Gasteiger partial charge in [-0.25, -0.2) is 9.59 Å². The van der Waals surface area contributed by atoms with Crippen LogP contribution in [0.1, 0.15) is 31.8 Å². The molecular weight excluding hydrogens is 412 g/mol. The third-order valence-electron chi connectivity index (χ3n) is 4.82. The van der Waals surface area contributed by atoms with Crippen LogP contribution in [-0.2, 0) is 22.7 Å². The number of aromatic nitrogens is 6. The van der Waals surface area contributed by atoms with Gasteiger partial charge in [-0.2, -0.15) is 0 Å². The van der Waals surface area contributed by atoms with E-state index in [4.69, 9.17) is 9.47 Å². The van der Waals surface area contributed by atoms with Gasteiger partial charge in [-0.05, 0) is 35.4 Å². The average molecular weight is 428 g/mol. The monoisotopic (exact) mass is 428 g/mol. The molecule has 0 atom stereocenters. The van der Waals surface area contributed by atoms with E-state index < -0.39 is 11.9 Å². The zero-order chi connectivity index (χ0) is 21.9. The van der Waals surface area contributed by atoms with Gasteiger partial charge in [0.15, 0.2) is 11.3 Å². The molecule has 0 fully saturated rings. The summed E-state index contributed by atoms with van der Waals surface area (Å²) in [4.78, 5) is 24.6. The first kappa shape index (κ1) is 19.4. The Morgan fingerprint density at radius 1 is 0.656 bits per heavy atom. The van der Waals surface area contributed by atoms with Crippen LogP contribution in [0.3, 0.4) is 0 Å². The van der Waals surface area contributed by atoms with Crippen LogP contribution in [0.5, 0.6) is 0 Å². The number of rotatable bonds is 6. The molecule has 0 bridgehead atoms. The summed E-state index contributed by atoms with van der Waals surface area (Å²) in [5.74, 6) is -0.882. The van der Waals surface area contributed by atoms with Crippen LogP contribution >= 0.6 is 0 Å². The molecule has 32 heavy (non-hydrogen) atoms. The van der Waals surface area contributed by atoms with Crippen molar-refractivity contribution in [2.75, 3.05) is 0 Å². The second kappa shape index (κ2) is 8.26. The van der Waals surface area contributed by atoms with E-state index in [9.17, 15) is 9.59 Å². The average Bonchev–Trinajstić information content (AvgIpc) is 3.49. The Kier molecular flexibility index (Phi) is 5.00. The van der Waals surface area contributed by atoms with Crippen molar-refractivity contribution in [3.05, 3.63) is 95.8 Å². The molecule has 0 saturated carbocycles. The molecule has 158 valence electrons. The smallest absolute Gasteiger partial charge is 0.339 e. The van der Waals surface area contributed by atoms with Gasteiger partial charge in [-0.3, -0.25) is 8.80 Å². The molecule has 0 amide bonds. The van der Waals surface area contributed by atoms with Gasteiger partial charge in [0.1, 0.15) is 25.9 Å². The Morgan fingerprint density at radius 2 is 1.09 bits per heavy atom. The maximum atomic E-state index is 12.3. The summed E-state index contributed by atoms with van der Waals surface area (Å²) in [6.45, 7) is 0.246. The fourth-order valence-corrected chi connectivity index (χ4v) is 3.09. The van der Waals surface area contributed by atoms with Gasteiger partial charge in [0.2, 0.25) is 0 Å². The highest BCUT2D eigenvalue weighted by molar-refractivity contribution is 5.89. The standard InChI is InChI=1S/C22H16N6O4/c29-21(17-5-7-19-25-23-13-27(19)9-17)31-11-15-1-2-16(4-3-15)12-32-22(30)18-6-8-20-26-24-14-28(20)10-18/h1-10,13-14H,11-12H2. The predicted molar refractivity (Wildman–Crippen MR) is 111 cm³/mol. The Bertz CT molecular complexity index is 1310. The van der Waals surface area contributed by atoms with E-state index in [1.807, 2.05) is 24.3 Å². The summed E-state index contributed by atoms with van der Waals surface area (Å²) in [6, 6.07) is 14.0. The number of hydrogen-bond acceptors (Lipinski definition) is 8. The number of benzene rings is 1. The van der Waals surface area contributed by atoms with Crippen molar-refractivity contribution in [3.63, 3.8) is 0 Å². The molecule has 0 aliphatic rings. The number of pyridine rings is 2. The fraction of sp³-hybridized carbons (Fsp3) is 0.0909. The molecule has 10 nitrogen and oxygen atoms in total. The lowest BCUT2D eigenvalue weighted by molar-refractivity contribution is 0.0459. The zero-order valence-corrected chi connectivity index (χ0v) is 16.7. The lowest BCUT2D eigenvalue weighted by Gasteiger charge is -2.08. The number of nitrogens with zero attached hydrogens (tertiary/aromatic N) is 6. The first-order valence-corrected chi connectivity index (χ1v) is 9.66. The molecule has 0 N–H and O–H groups in total. The minimum Gasteiger partial charge on any atom is -0.457 e. The van der Waals surface area contributed by atoms with E-state index in [2.05, 4.69) is 20.4 Å². The van der Waals surface area contributed by atoms with Crippen LogP contribution < -0.4 is 0 Å². The van der Waals surface area contributed by atoms with Crippen molar-refractivity contribution >= 4 is 23.2 Å². The Morgan fingerprint density at radius 3 is 1.53 bits per heavy atom. The number of esters is 2. The highest BCUT2D eigenvalue weighted by Crippen LogP contribution is 2.12. The summed E-state index contributed by atoms with van der Waals surface area (Å²) in [7, 11) is 0. The van der Waals surface area contributed by atoms with Crippen molar-refractivity contribution in [3.8, 4) is 0 Å². The Balaban J connectivity index is 1.15. The summed E-state index contributed by atoms with van der Waals surface area (Å²) in [6.07, 6.45) is 6.28.